The van der Waals surface area contributed by atoms with E-state index < -0.39 is 29.2 Å². The van der Waals surface area contributed by atoms with E-state index >= 15 is 0 Å². The van der Waals surface area contributed by atoms with Gasteiger partial charge in [-0.1, -0.05) is 24.2 Å². The molecule has 2 amide bonds. The molecule has 1 aromatic heterocycles. The lowest BCUT2D eigenvalue weighted by atomic mass is 10.0. The zero-order valence-corrected chi connectivity index (χ0v) is 21.5. The number of anilines is 1. The Balaban J connectivity index is 1.30. The zero-order valence-electron chi connectivity index (χ0n) is 20.7. The highest BCUT2D eigenvalue weighted by molar-refractivity contribution is 8.00. The summed E-state index contributed by atoms with van der Waals surface area (Å²) in [6.07, 6.45) is 5.13. The number of fused-ring (bicyclic) bond motifs is 2. The lowest BCUT2D eigenvalue weighted by Gasteiger charge is -2.49. The van der Waals surface area contributed by atoms with Crippen LogP contribution in [0.25, 0.3) is 0 Å². The van der Waals surface area contributed by atoms with Crippen LogP contribution in [-0.4, -0.2) is 86.3 Å². The number of carboxylic acids is 1. The summed E-state index contributed by atoms with van der Waals surface area (Å²) in [7, 11) is 1.25. The Morgan fingerprint density at radius 2 is 2.21 bits per heavy atom. The number of amides is 2. The van der Waals surface area contributed by atoms with Gasteiger partial charge in [-0.25, -0.2) is 9.79 Å². The molecule has 0 aromatic carbocycles. The summed E-state index contributed by atoms with van der Waals surface area (Å²) in [5, 5.41) is 19.3. The van der Waals surface area contributed by atoms with E-state index in [0.717, 1.165) is 5.71 Å². The van der Waals surface area contributed by atoms with Crippen molar-refractivity contribution >= 4 is 46.9 Å². The standard InChI is InChI=1S/C23H25N7O7S/c1-10(2)20-25-12-4-5-29(8-14(12)36-20)7-11-9-38-22-17(21(32)30(22)18(11)23(33)34)26-19(31)16(28-35-3)13-6-15(24)37-27-13/h4-6,8,10,17,20,22H,7,9,24H2,1-3H3,(H,26,31)(H,33,34)/b28-16-/t17?,20?,22-/m1/s1. The molecule has 3 atom stereocenters. The molecule has 14 nitrogen and oxygen atoms in total. The minimum Gasteiger partial charge on any atom is -0.477 e. The van der Waals surface area contributed by atoms with Crippen LogP contribution in [0.3, 0.4) is 0 Å². The molecule has 1 saturated heterocycles. The molecule has 5 rings (SSSR count). The van der Waals surface area contributed by atoms with Crippen molar-refractivity contribution in [1.29, 1.82) is 0 Å². The third-order valence-corrected chi connectivity index (χ3v) is 7.46. The Bertz CT molecular complexity index is 1350. The number of nitrogens with zero attached hydrogens (tertiary/aromatic N) is 5. The second-order valence-electron chi connectivity index (χ2n) is 9.10. The van der Waals surface area contributed by atoms with Crippen molar-refractivity contribution in [2.75, 3.05) is 25.1 Å². The quantitative estimate of drug-likeness (QED) is 0.235. The van der Waals surface area contributed by atoms with Gasteiger partial charge >= 0.3 is 5.97 Å². The average Bonchev–Trinajstić information content (AvgIpc) is 3.51. The number of oxime groups is 1. The molecule has 2 unspecified atom stereocenters. The molecule has 38 heavy (non-hydrogen) atoms. The second-order valence-corrected chi connectivity index (χ2v) is 10.2. The zero-order chi connectivity index (χ0) is 27.1. The van der Waals surface area contributed by atoms with Crippen molar-refractivity contribution in [1.82, 2.24) is 20.3 Å². The number of aliphatic imine (C=N–C) groups is 1. The molecule has 15 heteroatoms. The molecule has 0 radical (unpaired) electrons. The van der Waals surface area contributed by atoms with Gasteiger partial charge in [0.25, 0.3) is 11.8 Å². The van der Waals surface area contributed by atoms with E-state index in [2.05, 4.69) is 20.6 Å². The van der Waals surface area contributed by atoms with Gasteiger partial charge < -0.3 is 35.2 Å². The first-order valence-corrected chi connectivity index (χ1v) is 12.7. The van der Waals surface area contributed by atoms with E-state index in [9.17, 15) is 19.5 Å². The predicted octanol–water partition coefficient (Wildman–Crippen LogP) is 0.470. The maximum Gasteiger partial charge on any atom is 0.352 e. The van der Waals surface area contributed by atoms with Crippen molar-refractivity contribution in [2.45, 2.75) is 31.5 Å². The summed E-state index contributed by atoms with van der Waals surface area (Å²) >= 11 is 1.35. The number of aliphatic carboxylic acids is 1. The lowest BCUT2D eigenvalue weighted by Crippen LogP contribution is -2.71. The third kappa shape index (κ3) is 4.49. The first-order valence-electron chi connectivity index (χ1n) is 11.6. The maximum absolute atomic E-state index is 13.1. The Morgan fingerprint density at radius 1 is 1.42 bits per heavy atom. The van der Waals surface area contributed by atoms with Crippen LogP contribution in [0.5, 0.6) is 0 Å². The highest BCUT2D eigenvalue weighted by atomic mass is 32.2. The molecular formula is C23H25N7O7S. The highest BCUT2D eigenvalue weighted by Gasteiger charge is 2.54. The predicted molar refractivity (Wildman–Crippen MR) is 135 cm³/mol. The molecule has 0 spiro atoms. The van der Waals surface area contributed by atoms with Gasteiger partial charge in [-0.3, -0.25) is 14.5 Å². The van der Waals surface area contributed by atoms with Crippen molar-refractivity contribution < 1.29 is 33.6 Å². The van der Waals surface area contributed by atoms with E-state index in [1.165, 1.54) is 29.8 Å². The smallest absolute Gasteiger partial charge is 0.352 e. The number of β-lactam (4-membered cyclic amide) rings is 1. The van der Waals surface area contributed by atoms with E-state index in [1.54, 1.807) is 17.3 Å². The van der Waals surface area contributed by atoms with E-state index in [4.69, 9.17) is 19.8 Å². The summed E-state index contributed by atoms with van der Waals surface area (Å²) in [4.78, 5) is 50.4. The Labute approximate surface area is 220 Å². The van der Waals surface area contributed by atoms with Crippen LogP contribution in [-0.2, 0) is 24.0 Å². The Kier molecular flexibility index (Phi) is 6.60. The van der Waals surface area contributed by atoms with Gasteiger partial charge in [0.15, 0.2) is 17.7 Å². The first-order chi connectivity index (χ1) is 18.2. The SMILES string of the molecule is CO/N=C(\C(=O)NC1C(=O)N2C(C(=O)O)=C(CN3C=CC4=NC(C(C)C)OC4=C3)CS[C@H]12)c1cc(N)on1. The van der Waals surface area contributed by atoms with Crippen LogP contribution < -0.4 is 11.1 Å². The molecule has 5 heterocycles. The number of nitrogen functional groups attached to an aromatic ring is 1. The largest absolute Gasteiger partial charge is 0.477 e. The van der Waals surface area contributed by atoms with Gasteiger partial charge in [0, 0.05) is 36.7 Å². The second kappa shape index (κ2) is 9.89. The summed E-state index contributed by atoms with van der Waals surface area (Å²) in [6.45, 7) is 4.27. The number of hydrogen-bond donors (Lipinski definition) is 3. The van der Waals surface area contributed by atoms with Crippen LogP contribution in [0.15, 0.2) is 56.2 Å². The van der Waals surface area contributed by atoms with E-state index in [0.29, 0.717) is 17.1 Å². The van der Waals surface area contributed by atoms with Crippen LogP contribution in [0.1, 0.15) is 19.5 Å². The van der Waals surface area contributed by atoms with Crippen molar-refractivity contribution in [3.63, 3.8) is 0 Å². The van der Waals surface area contributed by atoms with Gasteiger partial charge in [0.05, 0.1) is 0 Å². The number of carbonyl (C=O) groups excluding carboxylic acids is 2. The summed E-state index contributed by atoms with van der Waals surface area (Å²) in [6, 6.07) is 0.322. The van der Waals surface area contributed by atoms with Gasteiger partial charge in [-0.15, -0.1) is 11.8 Å². The van der Waals surface area contributed by atoms with Gasteiger partial charge in [0.1, 0.15) is 35.6 Å². The summed E-state index contributed by atoms with van der Waals surface area (Å²) < 4.78 is 10.7. The van der Waals surface area contributed by atoms with Gasteiger partial charge in [0.2, 0.25) is 5.88 Å². The number of nitrogens with one attached hydrogen (secondary N) is 1. The number of rotatable bonds is 8. The van der Waals surface area contributed by atoms with E-state index in [-0.39, 0.29) is 41.7 Å². The van der Waals surface area contributed by atoms with Gasteiger partial charge in [-0.05, 0) is 11.6 Å². The average molecular weight is 544 g/mol. The molecule has 0 bridgehead atoms. The number of carbonyl (C=O) groups is 3. The van der Waals surface area contributed by atoms with Crippen molar-refractivity contribution in [3.8, 4) is 0 Å². The first kappa shape index (κ1) is 25.4. The Morgan fingerprint density at radius 3 is 2.87 bits per heavy atom. The fourth-order valence-electron chi connectivity index (χ4n) is 4.31. The number of ether oxygens (including phenoxy) is 1. The Hall–Kier alpha value is -4.27. The monoisotopic (exact) mass is 543 g/mol. The maximum atomic E-state index is 13.1. The summed E-state index contributed by atoms with van der Waals surface area (Å²) in [5.74, 6) is -1.39. The highest BCUT2D eigenvalue weighted by Crippen LogP contribution is 2.41. The summed E-state index contributed by atoms with van der Waals surface area (Å²) in [5.41, 5.74) is 6.50. The lowest BCUT2D eigenvalue weighted by molar-refractivity contribution is -0.150. The van der Waals surface area contributed by atoms with Crippen molar-refractivity contribution in [2.24, 2.45) is 16.1 Å². The fourth-order valence-corrected chi connectivity index (χ4v) is 5.65. The fraction of sp³-hybridized carbons (Fsp3) is 0.391. The molecule has 0 saturated carbocycles. The number of carboxylic acid groups (broad SMARTS) is 1. The normalized spacial score (nSPS) is 24.4. The molecule has 1 fully saturated rings. The molecule has 4 N–H and O–H groups in total. The molecule has 1 aromatic rings. The molecule has 200 valence electrons. The van der Waals surface area contributed by atoms with Gasteiger partial charge in [-0.2, -0.15) is 0 Å². The number of allylic oxidation sites excluding steroid dienone is 1. The topological polar surface area (TPSA) is 185 Å². The van der Waals surface area contributed by atoms with Crippen LogP contribution >= 0.6 is 11.8 Å². The van der Waals surface area contributed by atoms with Crippen LogP contribution in [0.4, 0.5) is 5.88 Å². The van der Waals surface area contributed by atoms with E-state index in [1.807, 2.05) is 19.9 Å². The van der Waals surface area contributed by atoms with Crippen LogP contribution in [0, 0.1) is 5.92 Å². The minimum atomic E-state index is -1.23. The third-order valence-electron chi connectivity index (χ3n) is 6.12. The molecule has 0 aliphatic carbocycles. The number of thioether (sulfide) groups is 1. The van der Waals surface area contributed by atoms with Crippen LogP contribution in [0.2, 0.25) is 0 Å². The number of nitrogens with two attached hydrogens (primary N) is 1. The number of aromatic nitrogens is 1. The molecule has 4 aliphatic rings. The minimum absolute atomic E-state index is 0.0260. The molecular weight excluding hydrogens is 518 g/mol. The molecule has 4 aliphatic heterocycles. The number of hydrogen-bond acceptors (Lipinski definition) is 12. The van der Waals surface area contributed by atoms with Crippen molar-refractivity contribution in [3.05, 3.63) is 47.3 Å².